The van der Waals surface area contributed by atoms with E-state index in [1.165, 1.54) is 12.1 Å². The Morgan fingerprint density at radius 2 is 2.00 bits per heavy atom. The third-order valence-electron chi connectivity index (χ3n) is 2.87. The maximum absolute atomic E-state index is 12.1. The minimum atomic E-state index is -3.53. The fourth-order valence-electron chi connectivity index (χ4n) is 1.57. The van der Waals surface area contributed by atoms with Crippen molar-refractivity contribution in [1.82, 2.24) is 0 Å². The summed E-state index contributed by atoms with van der Waals surface area (Å²) < 4.78 is 29.4. The average Bonchev–Trinajstić information content (AvgIpc) is 2.37. The lowest BCUT2D eigenvalue weighted by atomic mass is 10.1. The first kappa shape index (κ1) is 17.9. The van der Waals surface area contributed by atoms with E-state index < -0.39 is 15.8 Å². The molecule has 0 atom stereocenters. The molecule has 0 saturated heterocycles. The van der Waals surface area contributed by atoms with Crippen LogP contribution in [0, 0.1) is 5.92 Å². The summed E-state index contributed by atoms with van der Waals surface area (Å²) in [6.07, 6.45) is 0.874. The molecule has 0 amide bonds. The maximum Gasteiger partial charge on any atom is 0.337 e. The topological polar surface area (TPSA) is 80.7 Å². The molecule has 0 bridgehead atoms. The highest BCUT2D eigenvalue weighted by atomic mass is 35.5. The first-order valence-electron chi connectivity index (χ1n) is 6.57. The van der Waals surface area contributed by atoms with Gasteiger partial charge in [0.15, 0.2) is 9.84 Å². The third kappa shape index (κ3) is 5.65. The lowest BCUT2D eigenvalue weighted by Crippen LogP contribution is -2.14. The molecule has 0 unspecified atom stereocenters. The number of halogens is 1. The second-order valence-electron chi connectivity index (χ2n) is 5.06. The number of carbonyl (C=O) groups is 1. The van der Waals surface area contributed by atoms with Gasteiger partial charge in [-0.3, -0.25) is 0 Å². The van der Waals surface area contributed by atoms with Crippen molar-refractivity contribution in [3.8, 4) is 0 Å². The minimum Gasteiger partial charge on any atom is -0.478 e. The molecule has 0 aliphatic heterocycles. The van der Waals surface area contributed by atoms with Gasteiger partial charge in [-0.1, -0.05) is 25.4 Å². The summed E-state index contributed by atoms with van der Waals surface area (Å²) in [4.78, 5) is 10.8. The van der Waals surface area contributed by atoms with Gasteiger partial charge in [-0.2, -0.15) is 0 Å². The van der Waals surface area contributed by atoms with Crippen LogP contribution in [-0.4, -0.2) is 38.5 Å². The molecule has 0 aliphatic carbocycles. The smallest absolute Gasteiger partial charge is 0.337 e. The first-order valence-corrected chi connectivity index (χ1v) is 8.60. The summed E-state index contributed by atoms with van der Waals surface area (Å²) in [5.74, 6) is -0.849. The molecule has 0 spiro atoms. The molecule has 0 radical (unpaired) electrons. The molecule has 0 fully saturated rings. The van der Waals surface area contributed by atoms with Crippen molar-refractivity contribution in [2.45, 2.75) is 25.2 Å². The molecule has 0 saturated carbocycles. The second kappa shape index (κ2) is 7.77. The summed E-state index contributed by atoms with van der Waals surface area (Å²) in [6, 6.07) is 3.60. The van der Waals surface area contributed by atoms with Crippen molar-refractivity contribution >= 4 is 27.4 Å². The average molecular weight is 335 g/mol. The zero-order valence-corrected chi connectivity index (χ0v) is 13.6. The van der Waals surface area contributed by atoms with Crippen LogP contribution in [0.5, 0.6) is 0 Å². The third-order valence-corrected chi connectivity index (χ3v) is 4.86. The maximum atomic E-state index is 12.1. The molecular weight excluding hydrogens is 316 g/mol. The van der Waals surface area contributed by atoms with Gasteiger partial charge in [-0.05, 0) is 30.5 Å². The summed E-state index contributed by atoms with van der Waals surface area (Å²) in [5.41, 5.74) is -0.121. The SMILES string of the molecule is CC(C)CCOCCS(=O)(=O)c1ccc(C(=O)O)c(Cl)c1. The van der Waals surface area contributed by atoms with Crippen LogP contribution in [0.1, 0.15) is 30.6 Å². The Morgan fingerprint density at radius 1 is 1.33 bits per heavy atom. The number of rotatable bonds is 8. The number of benzene rings is 1. The normalized spacial score (nSPS) is 11.8. The number of carboxylic acids is 1. The highest BCUT2D eigenvalue weighted by molar-refractivity contribution is 7.91. The van der Waals surface area contributed by atoms with Crippen LogP contribution < -0.4 is 0 Å². The van der Waals surface area contributed by atoms with Gasteiger partial charge in [0.1, 0.15) is 0 Å². The summed E-state index contributed by atoms with van der Waals surface area (Å²) >= 11 is 5.77. The van der Waals surface area contributed by atoms with Crippen molar-refractivity contribution in [3.05, 3.63) is 28.8 Å². The molecule has 21 heavy (non-hydrogen) atoms. The Morgan fingerprint density at radius 3 is 2.52 bits per heavy atom. The van der Waals surface area contributed by atoms with Crippen molar-refractivity contribution in [1.29, 1.82) is 0 Å². The molecule has 5 nitrogen and oxygen atoms in total. The lowest BCUT2D eigenvalue weighted by Gasteiger charge is -2.08. The number of hydrogen-bond donors (Lipinski definition) is 1. The van der Waals surface area contributed by atoms with Crippen LogP contribution in [0.4, 0.5) is 0 Å². The van der Waals surface area contributed by atoms with Gasteiger partial charge in [-0.25, -0.2) is 13.2 Å². The first-order chi connectivity index (χ1) is 9.74. The highest BCUT2D eigenvalue weighted by Crippen LogP contribution is 2.21. The van der Waals surface area contributed by atoms with Crippen molar-refractivity contribution in [3.63, 3.8) is 0 Å². The largest absolute Gasteiger partial charge is 0.478 e. The molecule has 1 rings (SSSR count). The van der Waals surface area contributed by atoms with Crippen LogP contribution >= 0.6 is 11.6 Å². The van der Waals surface area contributed by atoms with Gasteiger partial charge in [0.05, 0.1) is 27.8 Å². The fourth-order valence-corrected chi connectivity index (χ4v) is 3.04. The van der Waals surface area contributed by atoms with Gasteiger partial charge in [-0.15, -0.1) is 0 Å². The number of ether oxygens (including phenoxy) is 1. The Bertz CT molecular complexity index is 595. The highest BCUT2D eigenvalue weighted by Gasteiger charge is 2.17. The van der Waals surface area contributed by atoms with Crippen molar-refractivity contribution in [2.24, 2.45) is 5.92 Å². The standard InChI is InChI=1S/C14H19ClO5S/c1-10(2)5-6-20-7-8-21(18,19)11-3-4-12(14(16)17)13(15)9-11/h3-4,9-10H,5-8H2,1-2H3,(H,16,17). The number of hydrogen-bond acceptors (Lipinski definition) is 4. The van der Waals surface area contributed by atoms with E-state index in [4.69, 9.17) is 21.4 Å². The zero-order chi connectivity index (χ0) is 16.0. The van der Waals surface area contributed by atoms with Crippen LogP contribution in [0.2, 0.25) is 5.02 Å². The van der Waals surface area contributed by atoms with Gasteiger partial charge in [0, 0.05) is 6.61 Å². The monoisotopic (exact) mass is 334 g/mol. The van der Waals surface area contributed by atoms with Crippen LogP contribution in [0.25, 0.3) is 0 Å². The van der Waals surface area contributed by atoms with Crippen LogP contribution in [0.3, 0.4) is 0 Å². The van der Waals surface area contributed by atoms with Crippen LogP contribution in [-0.2, 0) is 14.6 Å². The predicted octanol–water partition coefficient (Wildman–Crippen LogP) is 2.87. The number of carboxylic acid groups (broad SMARTS) is 1. The molecule has 118 valence electrons. The fraction of sp³-hybridized carbons (Fsp3) is 0.500. The Labute approximate surface area is 129 Å². The quantitative estimate of drug-likeness (QED) is 0.739. The summed E-state index contributed by atoms with van der Waals surface area (Å²) in [6.45, 7) is 4.75. The second-order valence-corrected chi connectivity index (χ2v) is 7.58. The number of aromatic carboxylic acids is 1. The molecule has 0 heterocycles. The van der Waals surface area contributed by atoms with E-state index in [0.29, 0.717) is 12.5 Å². The number of sulfone groups is 1. The Hall–Kier alpha value is -1.11. The Balaban J connectivity index is 2.66. The molecule has 7 heteroatoms. The molecular formula is C14H19ClO5S. The molecule has 1 aromatic carbocycles. The lowest BCUT2D eigenvalue weighted by molar-refractivity contribution is 0.0697. The van der Waals surface area contributed by atoms with E-state index in [0.717, 1.165) is 12.5 Å². The van der Waals surface area contributed by atoms with Crippen molar-refractivity contribution < 1.29 is 23.1 Å². The molecule has 1 aromatic rings. The van der Waals surface area contributed by atoms with Gasteiger partial charge >= 0.3 is 5.97 Å². The van der Waals surface area contributed by atoms with E-state index >= 15 is 0 Å². The summed E-state index contributed by atoms with van der Waals surface area (Å²) in [7, 11) is -3.53. The van der Waals surface area contributed by atoms with Crippen LogP contribution in [0.15, 0.2) is 23.1 Å². The van der Waals surface area contributed by atoms with E-state index in [2.05, 4.69) is 13.8 Å². The minimum absolute atomic E-state index is 0.00459. The van der Waals surface area contributed by atoms with Crippen molar-refractivity contribution in [2.75, 3.05) is 19.0 Å². The van der Waals surface area contributed by atoms with E-state index in [1.807, 2.05) is 0 Å². The predicted molar refractivity (Wildman–Crippen MR) is 80.7 cm³/mol. The molecule has 0 aromatic heterocycles. The van der Waals surface area contributed by atoms with Gasteiger partial charge in [0.25, 0.3) is 0 Å². The van der Waals surface area contributed by atoms with Gasteiger partial charge < -0.3 is 9.84 Å². The molecule has 0 aliphatic rings. The van der Waals surface area contributed by atoms with E-state index in [9.17, 15) is 13.2 Å². The van der Waals surface area contributed by atoms with E-state index in [1.54, 1.807) is 0 Å². The van der Waals surface area contributed by atoms with E-state index in [-0.39, 0.29) is 27.8 Å². The summed E-state index contributed by atoms with van der Waals surface area (Å²) in [5, 5.41) is 8.76. The Kier molecular flexibility index (Phi) is 6.64. The molecule has 1 N–H and O–H groups in total. The zero-order valence-electron chi connectivity index (χ0n) is 12.0. The van der Waals surface area contributed by atoms with Gasteiger partial charge in [0.2, 0.25) is 0 Å².